The third kappa shape index (κ3) is 3.47. The molecule has 106 valence electrons. The van der Waals surface area contributed by atoms with E-state index in [9.17, 15) is 0 Å². The molecule has 19 heavy (non-hydrogen) atoms. The quantitative estimate of drug-likeness (QED) is 0.842. The minimum Gasteiger partial charge on any atom is -0.371 e. The summed E-state index contributed by atoms with van der Waals surface area (Å²) in [6, 6.07) is 4.25. The highest BCUT2D eigenvalue weighted by molar-refractivity contribution is 5.45. The maximum absolute atomic E-state index is 4.09. The van der Waals surface area contributed by atoms with Crippen LogP contribution in [0.1, 0.15) is 39.5 Å². The van der Waals surface area contributed by atoms with Gasteiger partial charge in [0.2, 0.25) is 0 Å². The Morgan fingerprint density at radius 1 is 1.00 bits per heavy atom. The van der Waals surface area contributed by atoms with Gasteiger partial charge < -0.3 is 10.2 Å². The molecule has 2 aliphatic rings. The molecular weight excluding hydrogens is 234 g/mol. The van der Waals surface area contributed by atoms with Crippen LogP contribution in [0, 0.1) is 5.41 Å². The van der Waals surface area contributed by atoms with Crippen LogP contribution in [0.15, 0.2) is 24.5 Å². The molecule has 1 aromatic heterocycles. The largest absolute Gasteiger partial charge is 0.371 e. The molecule has 3 nitrogen and oxygen atoms in total. The van der Waals surface area contributed by atoms with Crippen molar-refractivity contribution < 1.29 is 0 Å². The summed E-state index contributed by atoms with van der Waals surface area (Å²) in [6.45, 7) is 8.86. The summed E-state index contributed by atoms with van der Waals surface area (Å²) in [6.07, 6.45) is 9.25. The van der Waals surface area contributed by atoms with Crippen LogP contribution in [0.5, 0.6) is 0 Å². The molecule has 2 fully saturated rings. The Hall–Kier alpha value is -1.09. The minimum absolute atomic E-state index is 0.648. The highest BCUT2D eigenvalue weighted by atomic mass is 15.1. The number of nitrogens with zero attached hydrogens (tertiary/aromatic N) is 2. The Labute approximate surface area is 117 Å². The number of nitrogens with one attached hydrogen (secondary N) is 1. The van der Waals surface area contributed by atoms with Crippen molar-refractivity contribution in [2.45, 2.75) is 39.5 Å². The zero-order chi connectivity index (χ0) is 13.6. The topological polar surface area (TPSA) is 28.2 Å². The Kier molecular flexibility index (Phi) is 5.20. The number of pyridine rings is 1. The van der Waals surface area contributed by atoms with Crippen LogP contribution in [-0.2, 0) is 0 Å². The summed E-state index contributed by atoms with van der Waals surface area (Å²) in [4.78, 5) is 6.60. The first kappa shape index (κ1) is 14.3. The van der Waals surface area contributed by atoms with E-state index in [2.05, 4.69) is 27.3 Å². The number of anilines is 1. The van der Waals surface area contributed by atoms with Crippen molar-refractivity contribution in [1.82, 2.24) is 10.3 Å². The van der Waals surface area contributed by atoms with Crippen LogP contribution < -0.4 is 10.2 Å². The number of aromatic nitrogens is 1. The Balaban J connectivity index is 0.000000637. The molecule has 1 spiro atoms. The fourth-order valence-corrected chi connectivity index (χ4v) is 3.25. The van der Waals surface area contributed by atoms with Crippen LogP contribution in [0.2, 0.25) is 0 Å². The van der Waals surface area contributed by atoms with E-state index in [4.69, 9.17) is 0 Å². The summed E-state index contributed by atoms with van der Waals surface area (Å²) >= 11 is 0. The summed E-state index contributed by atoms with van der Waals surface area (Å²) in [5, 5.41) is 3.48. The molecule has 0 bridgehead atoms. The molecule has 0 amide bonds. The lowest BCUT2D eigenvalue weighted by Gasteiger charge is -2.45. The van der Waals surface area contributed by atoms with Crippen LogP contribution in [0.3, 0.4) is 0 Å². The summed E-state index contributed by atoms with van der Waals surface area (Å²) in [5.41, 5.74) is 1.98. The van der Waals surface area contributed by atoms with Gasteiger partial charge in [0, 0.05) is 31.2 Å². The number of rotatable bonds is 1. The van der Waals surface area contributed by atoms with Crippen LogP contribution in [0.4, 0.5) is 5.69 Å². The van der Waals surface area contributed by atoms with Crippen LogP contribution in [0.25, 0.3) is 0 Å². The molecule has 3 heteroatoms. The molecule has 2 saturated heterocycles. The zero-order valence-corrected chi connectivity index (χ0v) is 12.4. The Morgan fingerprint density at radius 3 is 2.16 bits per heavy atom. The van der Waals surface area contributed by atoms with E-state index in [1.807, 2.05) is 26.2 Å². The van der Waals surface area contributed by atoms with E-state index in [-0.39, 0.29) is 0 Å². The van der Waals surface area contributed by atoms with Gasteiger partial charge in [-0.05, 0) is 56.3 Å². The molecule has 1 aromatic rings. The molecule has 0 aliphatic carbocycles. The zero-order valence-electron chi connectivity index (χ0n) is 12.4. The van der Waals surface area contributed by atoms with Gasteiger partial charge in [-0.2, -0.15) is 0 Å². The fraction of sp³-hybridized carbons (Fsp3) is 0.688. The van der Waals surface area contributed by atoms with E-state index in [1.165, 1.54) is 57.5 Å². The van der Waals surface area contributed by atoms with Crippen molar-refractivity contribution in [3.05, 3.63) is 24.5 Å². The standard InChI is InChI=1S/C14H21N3.C2H6/c1-7-15-8-2-13(1)17-11-5-14(6-12-17)3-9-16-10-4-14;1-2/h1-2,7-8,16H,3-6,9-12H2;1-2H3. The van der Waals surface area contributed by atoms with Crippen molar-refractivity contribution in [1.29, 1.82) is 0 Å². The van der Waals surface area contributed by atoms with E-state index in [1.54, 1.807) is 0 Å². The lowest BCUT2D eigenvalue weighted by atomic mass is 9.71. The monoisotopic (exact) mass is 261 g/mol. The lowest BCUT2D eigenvalue weighted by Crippen LogP contribution is -2.45. The van der Waals surface area contributed by atoms with Crippen molar-refractivity contribution >= 4 is 5.69 Å². The van der Waals surface area contributed by atoms with Gasteiger partial charge >= 0.3 is 0 Å². The van der Waals surface area contributed by atoms with Gasteiger partial charge in [-0.3, -0.25) is 4.98 Å². The molecule has 0 aromatic carbocycles. The average molecular weight is 261 g/mol. The van der Waals surface area contributed by atoms with Gasteiger partial charge in [0.25, 0.3) is 0 Å². The number of piperidine rings is 2. The average Bonchev–Trinajstić information content (AvgIpc) is 2.52. The molecule has 2 aliphatic heterocycles. The molecule has 0 radical (unpaired) electrons. The maximum atomic E-state index is 4.09. The number of hydrogen-bond donors (Lipinski definition) is 1. The van der Waals surface area contributed by atoms with Crippen LogP contribution in [-0.4, -0.2) is 31.2 Å². The third-order valence-corrected chi connectivity index (χ3v) is 4.52. The van der Waals surface area contributed by atoms with Crippen LogP contribution >= 0.6 is 0 Å². The Morgan fingerprint density at radius 2 is 1.58 bits per heavy atom. The summed E-state index contributed by atoms with van der Waals surface area (Å²) < 4.78 is 0. The predicted octanol–water partition coefficient (Wildman–Crippen LogP) is 3.08. The molecule has 0 unspecified atom stereocenters. The maximum Gasteiger partial charge on any atom is 0.0397 e. The normalized spacial score (nSPS) is 21.7. The Bertz CT molecular complexity index is 348. The van der Waals surface area contributed by atoms with E-state index in [0.29, 0.717) is 5.41 Å². The molecule has 3 heterocycles. The highest BCUT2D eigenvalue weighted by Crippen LogP contribution is 2.40. The molecule has 0 atom stereocenters. The number of hydrogen-bond acceptors (Lipinski definition) is 3. The first-order valence-electron chi connectivity index (χ1n) is 7.74. The van der Waals surface area contributed by atoms with Gasteiger partial charge in [0.15, 0.2) is 0 Å². The van der Waals surface area contributed by atoms with Crippen molar-refractivity contribution in [3.63, 3.8) is 0 Å². The first-order chi connectivity index (χ1) is 9.38. The first-order valence-corrected chi connectivity index (χ1v) is 7.74. The van der Waals surface area contributed by atoms with Crippen molar-refractivity contribution in [2.24, 2.45) is 5.41 Å². The van der Waals surface area contributed by atoms with Crippen molar-refractivity contribution in [2.75, 3.05) is 31.1 Å². The van der Waals surface area contributed by atoms with Gasteiger partial charge in [0.1, 0.15) is 0 Å². The SMILES string of the molecule is CC.c1cc(N2CCC3(CCNCC3)CC2)ccn1. The minimum atomic E-state index is 0.648. The van der Waals surface area contributed by atoms with E-state index >= 15 is 0 Å². The second kappa shape index (κ2) is 6.90. The van der Waals surface area contributed by atoms with Gasteiger partial charge in [-0.25, -0.2) is 0 Å². The summed E-state index contributed by atoms with van der Waals surface area (Å²) in [5.74, 6) is 0. The van der Waals surface area contributed by atoms with Gasteiger partial charge in [-0.15, -0.1) is 0 Å². The van der Waals surface area contributed by atoms with Crippen molar-refractivity contribution in [3.8, 4) is 0 Å². The highest BCUT2D eigenvalue weighted by Gasteiger charge is 2.35. The second-order valence-electron chi connectivity index (χ2n) is 5.44. The molecule has 3 rings (SSSR count). The van der Waals surface area contributed by atoms with Gasteiger partial charge in [0.05, 0.1) is 0 Å². The fourth-order valence-electron chi connectivity index (χ4n) is 3.25. The predicted molar refractivity (Wildman–Crippen MR) is 81.6 cm³/mol. The van der Waals surface area contributed by atoms with E-state index in [0.717, 1.165) is 0 Å². The molecular formula is C16H27N3. The molecule has 1 N–H and O–H groups in total. The third-order valence-electron chi connectivity index (χ3n) is 4.52. The smallest absolute Gasteiger partial charge is 0.0397 e. The lowest BCUT2D eigenvalue weighted by molar-refractivity contribution is 0.155. The van der Waals surface area contributed by atoms with Gasteiger partial charge in [-0.1, -0.05) is 13.8 Å². The van der Waals surface area contributed by atoms with E-state index < -0.39 is 0 Å². The second-order valence-corrected chi connectivity index (χ2v) is 5.44. The summed E-state index contributed by atoms with van der Waals surface area (Å²) in [7, 11) is 0. The molecule has 0 saturated carbocycles.